The van der Waals surface area contributed by atoms with Gasteiger partial charge in [0.1, 0.15) is 5.52 Å². The number of nitrogens with zero attached hydrogens (tertiary/aromatic N) is 3. The van der Waals surface area contributed by atoms with E-state index in [0.29, 0.717) is 11.7 Å². The van der Waals surface area contributed by atoms with Crippen LogP contribution >= 0.6 is 0 Å². The maximum absolute atomic E-state index is 10.1. The Morgan fingerprint density at radius 3 is 2.38 bits per heavy atom. The average molecular weight is 353 g/mol. The fourth-order valence-corrected chi connectivity index (χ4v) is 2.34. The van der Waals surface area contributed by atoms with Crippen molar-refractivity contribution in [1.82, 2.24) is 14.5 Å². The third-order valence-electron chi connectivity index (χ3n) is 3.04. The van der Waals surface area contributed by atoms with Gasteiger partial charge in [-0.3, -0.25) is 0 Å². The van der Waals surface area contributed by atoms with E-state index in [0.717, 1.165) is 28.5 Å². The second-order valence-electron chi connectivity index (χ2n) is 7.11. The van der Waals surface area contributed by atoms with Gasteiger partial charge in [-0.25, -0.2) is 9.97 Å². The number of anilines is 1. The molecule has 0 radical (unpaired) electrons. The Morgan fingerprint density at radius 1 is 1.21 bits per heavy atom. The van der Waals surface area contributed by atoms with E-state index < -0.39 is 5.60 Å². The third kappa shape index (κ3) is 5.79. The summed E-state index contributed by atoms with van der Waals surface area (Å²) in [5.41, 5.74) is 8.04. The molecule has 0 saturated heterocycles. The van der Waals surface area contributed by atoms with Gasteiger partial charge in [-0.1, -0.05) is 52.8 Å². The zero-order valence-corrected chi connectivity index (χ0v) is 18.6. The second-order valence-corrected chi connectivity index (χ2v) is 7.11. The van der Waals surface area contributed by atoms with E-state index in [2.05, 4.69) is 34.4 Å². The van der Waals surface area contributed by atoms with E-state index in [1.807, 2.05) is 24.5 Å². The molecule has 3 rings (SSSR count). The molecule has 0 saturated carbocycles. The third-order valence-corrected chi connectivity index (χ3v) is 3.04. The van der Waals surface area contributed by atoms with Crippen molar-refractivity contribution in [3.8, 4) is 0 Å². The number of nitrogen functional groups attached to an aromatic ring is 1. The molecule has 6 heteroatoms. The molecular formula is C18H25KN4O. The fraction of sp³-hybridized carbons (Fsp3) is 0.444. The zero-order valence-electron chi connectivity index (χ0n) is 15.5. The van der Waals surface area contributed by atoms with Crippen molar-refractivity contribution in [1.29, 1.82) is 0 Å². The van der Waals surface area contributed by atoms with Gasteiger partial charge < -0.3 is 15.4 Å². The number of aromatic nitrogens is 3. The first-order valence-electron chi connectivity index (χ1n) is 7.86. The van der Waals surface area contributed by atoms with Crippen LogP contribution < -0.4 is 62.2 Å². The van der Waals surface area contributed by atoms with E-state index in [-0.39, 0.29) is 51.4 Å². The monoisotopic (exact) mass is 352 g/mol. The molecule has 1 aromatic carbocycles. The van der Waals surface area contributed by atoms with E-state index in [1.165, 1.54) is 0 Å². The van der Waals surface area contributed by atoms with Gasteiger partial charge in [-0.15, -0.1) is 5.60 Å². The van der Waals surface area contributed by atoms with Gasteiger partial charge in [-0.05, 0) is 12.0 Å². The molecule has 2 heterocycles. The van der Waals surface area contributed by atoms with Crippen LogP contribution in [0, 0.1) is 5.92 Å². The van der Waals surface area contributed by atoms with Crippen LogP contribution in [0.3, 0.4) is 0 Å². The minimum absolute atomic E-state index is 0. The Kier molecular flexibility index (Phi) is 7.84. The first kappa shape index (κ1) is 21.5. The molecular weight excluding hydrogens is 327 g/mol. The quantitative estimate of drug-likeness (QED) is 0.657. The van der Waals surface area contributed by atoms with Crippen molar-refractivity contribution < 1.29 is 56.5 Å². The molecule has 0 spiro atoms. The topological polar surface area (TPSA) is 79.8 Å². The summed E-state index contributed by atoms with van der Waals surface area (Å²) >= 11 is 0. The molecule has 0 fully saturated rings. The van der Waals surface area contributed by atoms with Crippen molar-refractivity contribution in [2.75, 3.05) is 5.73 Å². The van der Waals surface area contributed by atoms with E-state index >= 15 is 0 Å². The van der Waals surface area contributed by atoms with Gasteiger partial charge in [0.15, 0.2) is 5.82 Å². The Morgan fingerprint density at radius 2 is 1.79 bits per heavy atom. The van der Waals surface area contributed by atoms with Crippen molar-refractivity contribution >= 4 is 27.8 Å². The maximum Gasteiger partial charge on any atom is 1.00 e. The number of hydrogen-bond acceptors (Lipinski definition) is 4. The summed E-state index contributed by atoms with van der Waals surface area (Å²) in [6.07, 6.45) is 1.86. The molecule has 0 aliphatic heterocycles. The zero-order chi connectivity index (χ0) is 17.2. The largest absolute Gasteiger partial charge is 1.00 e. The number of para-hydroxylation sites is 1. The van der Waals surface area contributed by atoms with Crippen LogP contribution in [-0.2, 0) is 6.54 Å². The van der Waals surface area contributed by atoms with E-state index in [9.17, 15) is 5.11 Å². The van der Waals surface area contributed by atoms with Crippen LogP contribution in [0.15, 0.2) is 30.6 Å². The minimum atomic E-state index is -0.750. The first-order chi connectivity index (χ1) is 10.7. The van der Waals surface area contributed by atoms with Gasteiger partial charge in [0.2, 0.25) is 0 Å². The van der Waals surface area contributed by atoms with Crippen LogP contribution in [0.2, 0.25) is 0 Å². The summed E-state index contributed by atoms with van der Waals surface area (Å²) in [5.74, 6) is 1.07. The number of hydrogen-bond donors (Lipinski definition) is 1. The summed E-state index contributed by atoms with van der Waals surface area (Å²) in [7, 11) is 0. The first-order valence-corrected chi connectivity index (χ1v) is 7.86. The smallest absolute Gasteiger partial charge is 0.850 e. The second kappa shape index (κ2) is 8.74. The Labute approximate surface area is 186 Å². The van der Waals surface area contributed by atoms with E-state index in [4.69, 9.17) is 5.73 Å². The fourth-order valence-electron chi connectivity index (χ4n) is 2.34. The maximum atomic E-state index is 10.1. The van der Waals surface area contributed by atoms with Gasteiger partial charge in [0.05, 0.1) is 17.4 Å². The molecule has 0 amide bonds. The van der Waals surface area contributed by atoms with Gasteiger partial charge in [0, 0.05) is 11.9 Å². The van der Waals surface area contributed by atoms with Crippen LogP contribution in [0.4, 0.5) is 5.82 Å². The average Bonchev–Trinajstić information content (AvgIpc) is 2.81. The van der Waals surface area contributed by atoms with Gasteiger partial charge >= 0.3 is 51.4 Å². The Hall–Kier alpha value is -0.504. The van der Waals surface area contributed by atoms with Crippen molar-refractivity contribution in [3.63, 3.8) is 0 Å². The Balaban J connectivity index is 0.000000425. The minimum Gasteiger partial charge on any atom is -0.850 e. The van der Waals surface area contributed by atoms with Crippen molar-refractivity contribution in [2.24, 2.45) is 5.92 Å². The summed E-state index contributed by atoms with van der Waals surface area (Å²) in [4.78, 5) is 8.80. The van der Waals surface area contributed by atoms with Gasteiger partial charge in [-0.2, -0.15) is 0 Å². The standard InChI is InChI=1S/C14H16N4.C4H9O.K/c1-9(2)7-18-8-16-12-13(18)10-5-3-4-6-11(10)17-14(12)15;1-4(2,3)5;/h3-6,8-9H,7H2,1-2H3,(H2,15,17);1-3H3;/q;-1;+1. The van der Waals surface area contributed by atoms with Crippen LogP contribution in [-0.4, -0.2) is 20.1 Å². The SMILES string of the molecule is CC(C)(C)[O-].CC(C)Cn1cnc2c(N)nc3ccccc3c21.[K+]. The molecule has 2 aromatic heterocycles. The predicted octanol–water partition coefficient (Wildman–Crippen LogP) is -0.0281. The molecule has 0 aliphatic carbocycles. The van der Waals surface area contributed by atoms with Crippen LogP contribution in [0.5, 0.6) is 0 Å². The molecule has 0 unspecified atom stereocenters. The normalized spacial score (nSPS) is 11.3. The molecule has 0 aliphatic rings. The number of rotatable bonds is 2. The summed E-state index contributed by atoms with van der Waals surface area (Å²) < 4.78 is 2.17. The summed E-state index contributed by atoms with van der Waals surface area (Å²) in [5, 5.41) is 11.2. The van der Waals surface area contributed by atoms with Crippen molar-refractivity contribution in [3.05, 3.63) is 30.6 Å². The summed E-state index contributed by atoms with van der Waals surface area (Å²) in [6, 6.07) is 8.05. The van der Waals surface area contributed by atoms with Crippen molar-refractivity contribution in [2.45, 2.75) is 46.8 Å². The Bertz CT molecular complexity index is 800. The summed E-state index contributed by atoms with van der Waals surface area (Å²) in [6.45, 7) is 10.2. The van der Waals surface area contributed by atoms with Crippen LogP contribution in [0.1, 0.15) is 34.6 Å². The number of imidazole rings is 1. The molecule has 0 atom stereocenters. The van der Waals surface area contributed by atoms with Crippen LogP contribution in [0.25, 0.3) is 21.9 Å². The predicted molar refractivity (Wildman–Crippen MR) is 94.0 cm³/mol. The molecule has 124 valence electrons. The molecule has 5 nitrogen and oxygen atoms in total. The molecule has 2 N–H and O–H groups in total. The van der Waals surface area contributed by atoms with E-state index in [1.54, 1.807) is 20.8 Å². The molecule has 0 bridgehead atoms. The number of nitrogens with two attached hydrogens (primary N) is 1. The number of fused-ring (bicyclic) bond motifs is 3. The molecule has 3 aromatic rings. The number of benzene rings is 1. The number of pyridine rings is 1. The molecule has 24 heavy (non-hydrogen) atoms. The van der Waals surface area contributed by atoms with Gasteiger partial charge in [0.25, 0.3) is 0 Å².